The summed E-state index contributed by atoms with van der Waals surface area (Å²) in [6.45, 7) is 4.82. The molecule has 0 unspecified atom stereocenters. The van der Waals surface area contributed by atoms with E-state index in [1.807, 2.05) is 19.1 Å². The number of carbonyl (C=O) groups is 2. The molecule has 2 aromatic rings. The second kappa shape index (κ2) is 9.21. The van der Waals surface area contributed by atoms with Gasteiger partial charge in [0.2, 0.25) is 0 Å². The van der Waals surface area contributed by atoms with Crippen LogP contribution in [0.15, 0.2) is 48.5 Å². The molecule has 1 aliphatic heterocycles. The second-order valence-corrected chi connectivity index (χ2v) is 6.89. The molecule has 0 saturated carbocycles. The fourth-order valence-corrected chi connectivity index (χ4v) is 3.25. The highest BCUT2D eigenvalue weighted by Crippen LogP contribution is 2.22. The van der Waals surface area contributed by atoms with Crippen molar-refractivity contribution in [3.63, 3.8) is 0 Å². The molecular weight excluding hydrogens is 338 g/mol. The zero-order valence-electron chi connectivity index (χ0n) is 15.8. The molecular formula is C22H27N3O2. The maximum atomic E-state index is 12.5. The highest BCUT2D eigenvalue weighted by Gasteiger charge is 2.12. The van der Waals surface area contributed by atoms with Crippen LogP contribution < -0.4 is 15.5 Å². The maximum absolute atomic E-state index is 12.5. The summed E-state index contributed by atoms with van der Waals surface area (Å²) >= 11 is 0. The van der Waals surface area contributed by atoms with Crippen LogP contribution in [0, 0.1) is 0 Å². The molecule has 2 amide bonds. The number of hydrogen-bond acceptors (Lipinski definition) is 3. The minimum absolute atomic E-state index is 0.155. The summed E-state index contributed by atoms with van der Waals surface area (Å²) in [7, 11) is 0. The van der Waals surface area contributed by atoms with Gasteiger partial charge in [-0.3, -0.25) is 9.59 Å². The first kappa shape index (κ1) is 19.0. The number of rotatable bonds is 6. The van der Waals surface area contributed by atoms with E-state index in [4.69, 9.17) is 0 Å². The summed E-state index contributed by atoms with van der Waals surface area (Å²) in [5, 5.41) is 5.74. The van der Waals surface area contributed by atoms with Gasteiger partial charge < -0.3 is 15.5 Å². The van der Waals surface area contributed by atoms with E-state index in [0.29, 0.717) is 17.7 Å². The van der Waals surface area contributed by atoms with E-state index in [1.54, 1.807) is 24.3 Å². The van der Waals surface area contributed by atoms with Crippen LogP contribution in [-0.2, 0) is 0 Å². The number of anilines is 2. The van der Waals surface area contributed by atoms with Crippen LogP contribution in [0.1, 0.15) is 53.3 Å². The quantitative estimate of drug-likeness (QED) is 0.811. The summed E-state index contributed by atoms with van der Waals surface area (Å²) in [5.74, 6) is -0.372. The highest BCUT2D eigenvalue weighted by molar-refractivity contribution is 6.06. The van der Waals surface area contributed by atoms with Crippen LogP contribution in [0.25, 0.3) is 0 Å². The third kappa shape index (κ3) is 5.09. The van der Waals surface area contributed by atoms with Crippen LogP contribution in [0.4, 0.5) is 11.4 Å². The van der Waals surface area contributed by atoms with Crippen molar-refractivity contribution in [3.8, 4) is 0 Å². The predicted molar refractivity (Wildman–Crippen MR) is 110 cm³/mol. The van der Waals surface area contributed by atoms with Crippen LogP contribution in [0.2, 0.25) is 0 Å². The molecule has 2 aromatic carbocycles. The van der Waals surface area contributed by atoms with Crippen molar-refractivity contribution in [1.29, 1.82) is 0 Å². The van der Waals surface area contributed by atoms with Gasteiger partial charge in [-0.2, -0.15) is 0 Å². The number of amides is 2. The van der Waals surface area contributed by atoms with Gasteiger partial charge in [-0.25, -0.2) is 0 Å². The van der Waals surface area contributed by atoms with E-state index in [-0.39, 0.29) is 11.8 Å². The number of nitrogens with one attached hydrogen (secondary N) is 2. The Balaban J connectivity index is 1.63. The molecule has 0 spiro atoms. The number of piperidine rings is 1. The molecule has 5 heteroatoms. The van der Waals surface area contributed by atoms with E-state index in [0.717, 1.165) is 25.2 Å². The SMILES string of the molecule is CCCNC(=O)c1cccc(C(=O)Nc2ccc(N3CCCCC3)cc2)c1. The Labute approximate surface area is 160 Å². The standard InChI is InChI=1S/C22H27N3O2/c1-2-13-23-21(26)17-7-6-8-18(16-17)22(27)24-19-9-11-20(12-10-19)25-14-4-3-5-15-25/h6-12,16H,2-5,13-15H2,1H3,(H,23,26)(H,24,27). The molecule has 0 aliphatic carbocycles. The van der Waals surface area contributed by atoms with E-state index < -0.39 is 0 Å². The van der Waals surface area contributed by atoms with Crippen LogP contribution >= 0.6 is 0 Å². The molecule has 0 radical (unpaired) electrons. The third-order valence-electron chi connectivity index (χ3n) is 4.77. The first-order chi connectivity index (χ1) is 13.2. The minimum Gasteiger partial charge on any atom is -0.372 e. The van der Waals surface area contributed by atoms with Gasteiger partial charge in [-0.05, 0) is 68.1 Å². The number of carbonyl (C=O) groups excluding carboxylic acids is 2. The van der Waals surface area contributed by atoms with Crippen LogP contribution in [0.5, 0.6) is 0 Å². The molecule has 1 saturated heterocycles. The normalized spacial score (nSPS) is 13.9. The Morgan fingerprint density at radius 2 is 1.59 bits per heavy atom. The van der Waals surface area contributed by atoms with Crippen molar-refractivity contribution >= 4 is 23.2 Å². The lowest BCUT2D eigenvalue weighted by Crippen LogP contribution is -2.29. The van der Waals surface area contributed by atoms with E-state index in [1.165, 1.54) is 24.9 Å². The van der Waals surface area contributed by atoms with Crippen molar-refractivity contribution < 1.29 is 9.59 Å². The van der Waals surface area contributed by atoms with E-state index >= 15 is 0 Å². The Bertz CT molecular complexity index is 780. The fourth-order valence-electron chi connectivity index (χ4n) is 3.25. The fraction of sp³-hybridized carbons (Fsp3) is 0.364. The molecule has 1 aliphatic rings. The zero-order chi connectivity index (χ0) is 19.1. The average Bonchev–Trinajstić information content (AvgIpc) is 2.73. The van der Waals surface area contributed by atoms with Crippen molar-refractivity contribution in [1.82, 2.24) is 5.32 Å². The van der Waals surface area contributed by atoms with Crippen LogP contribution in [-0.4, -0.2) is 31.4 Å². The molecule has 2 N–H and O–H groups in total. The molecule has 1 fully saturated rings. The van der Waals surface area contributed by atoms with Gasteiger partial charge in [-0.15, -0.1) is 0 Å². The molecule has 0 aromatic heterocycles. The van der Waals surface area contributed by atoms with E-state index in [9.17, 15) is 9.59 Å². The first-order valence-electron chi connectivity index (χ1n) is 9.72. The topological polar surface area (TPSA) is 61.4 Å². The number of benzene rings is 2. The average molecular weight is 365 g/mol. The summed E-state index contributed by atoms with van der Waals surface area (Å²) in [6, 6.07) is 14.8. The number of hydrogen-bond donors (Lipinski definition) is 2. The van der Waals surface area contributed by atoms with Gasteiger partial charge in [0.1, 0.15) is 0 Å². The molecule has 3 rings (SSSR count). The lowest BCUT2D eigenvalue weighted by Gasteiger charge is -2.28. The second-order valence-electron chi connectivity index (χ2n) is 6.89. The predicted octanol–water partition coefficient (Wildman–Crippen LogP) is 4.07. The molecule has 142 valence electrons. The largest absolute Gasteiger partial charge is 0.372 e. The molecule has 1 heterocycles. The van der Waals surface area contributed by atoms with Gasteiger partial charge in [0.25, 0.3) is 11.8 Å². The summed E-state index contributed by atoms with van der Waals surface area (Å²) in [6.07, 6.45) is 4.65. The van der Waals surface area contributed by atoms with Crippen molar-refractivity contribution in [2.75, 3.05) is 29.9 Å². The van der Waals surface area contributed by atoms with Gasteiger partial charge in [0.05, 0.1) is 0 Å². The van der Waals surface area contributed by atoms with Gasteiger partial charge in [-0.1, -0.05) is 13.0 Å². The lowest BCUT2D eigenvalue weighted by atomic mass is 10.1. The van der Waals surface area contributed by atoms with Gasteiger partial charge in [0, 0.05) is 42.1 Å². The van der Waals surface area contributed by atoms with Crippen molar-refractivity contribution in [3.05, 3.63) is 59.7 Å². The Morgan fingerprint density at radius 1 is 0.926 bits per heavy atom. The smallest absolute Gasteiger partial charge is 0.255 e. The molecule has 27 heavy (non-hydrogen) atoms. The molecule has 0 atom stereocenters. The van der Waals surface area contributed by atoms with Crippen molar-refractivity contribution in [2.45, 2.75) is 32.6 Å². The maximum Gasteiger partial charge on any atom is 0.255 e. The van der Waals surface area contributed by atoms with Crippen molar-refractivity contribution in [2.24, 2.45) is 0 Å². The summed E-state index contributed by atoms with van der Waals surface area (Å²) in [4.78, 5) is 27.0. The van der Waals surface area contributed by atoms with Gasteiger partial charge in [0.15, 0.2) is 0 Å². The Morgan fingerprint density at radius 3 is 2.26 bits per heavy atom. The summed E-state index contributed by atoms with van der Waals surface area (Å²) in [5.41, 5.74) is 2.92. The Hall–Kier alpha value is -2.82. The van der Waals surface area contributed by atoms with Crippen LogP contribution in [0.3, 0.4) is 0 Å². The molecule has 0 bridgehead atoms. The monoisotopic (exact) mass is 365 g/mol. The first-order valence-corrected chi connectivity index (χ1v) is 9.72. The molecule has 5 nitrogen and oxygen atoms in total. The van der Waals surface area contributed by atoms with Gasteiger partial charge >= 0.3 is 0 Å². The summed E-state index contributed by atoms with van der Waals surface area (Å²) < 4.78 is 0. The zero-order valence-corrected chi connectivity index (χ0v) is 15.8. The minimum atomic E-state index is -0.217. The number of nitrogens with zero attached hydrogens (tertiary/aromatic N) is 1. The lowest BCUT2D eigenvalue weighted by molar-refractivity contribution is 0.0953. The van der Waals surface area contributed by atoms with E-state index in [2.05, 4.69) is 27.7 Å². The third-order valence-corrected chi connectivity index (χ3v) is 4.77. The highest BCUT2D eigenvalue weighted by atomic mass is 16.2. The Kier molecular flexibility index (Phi) is 6.47.